The van der Waals surface area contributed by atoms with E-state index in [-0.39, 0.29) is 5.91 Å². The Morgan fingerprint density at radius 1 is 1.41 bits per heavy atom. The number of fused-ring (bicyclic) bond motifs is 1. The molecule has 1 aromatic heterocycles. The second-order valence-corrected chi connectivity index (χ2v) is 4.73. The fraction of sp³-hybridized carbons (Fsp3) is 0.308. The molecule has 0 unspecified atom stereocenters. The van der Waals surface area contributed by atoms with Crippen LogP contribution >= 0.6 is 0 Å². The average Bonchev–Trinajstić information content (AvgIpc) is 3.10. The molecule has 0 spiro atoms. The summed E-state index contributed by atoms with van der Waals surface area (Å²) in [5, 5.41) is 1.15. The summed E-state index contributed by atoms with van der Waals surface area (Å²) in [6.07, 6.45) is 3.81. The largest absolute Gasteiger partial charge is 0.350 e. The van der Waals surface area contributed by atoms with Gasteiger partial charge < -0.3 is 4.57 Å². The van der Waals surface area contributed by atoms with E-state index in [0.717, 1.165) is 29.3 Å². The number of hydrogen-bond donors (Lipinski definition) is 2. The number of nitrogens with two attached hydrogens (primary N) is 1. The number of nitrogens with one attached hydrogen (secondary N) is 1. The van der Waals surface area contributed by atoms with E-state index in [1.54, 1.807) is 0 Å². The van der Waals surface area contributed by atoms with Crippen molar-refractivity contribution in [1.29, 1.82) is 0 Å². The van der Waals surface area contributed by atoms with Crippen LogP contribution in [0.1, 0.15) is 18.4 Å². The van der Waals surface area contributed by atoms with Crippen LogP contribution in [-0.2, 0) is 17.3 Å². The molecule has 1 amide bonds. The summed E-state index contributed by atoms with van der Waals surface area (Å²) >= 11 is 0. The highest BCUT2D eigenvalue weighted by atomic mass is 16.2. The van der Waals surface area contributed by atoms with Gasteiger partial charge in [-0.2, -0.15) is 0 Å². The van der Waals surface area contributed by atoms with Crippen LogP contribution in [0.4, 0.5) is 0 Å². The number of carbonyl (C=O) groups excluding carboxylic acids is 1. The van der Waals surface area contributed by atoms with Crippen LogP contribution in [0.15, 0.2) is 30.5 Å². The highest BCUT2D eigenvalue weighted by Crippen LogP contribution is 2.50. The topological polar surface area (TPSA) is 60.0 Å². The van der Waals surface area contributed by atoms with E-state index < -0.39 is 5.41 Å². The molecule has 1 saturated carbocycles. The molecule has 1 aliphatic rings. The van der Waals surface area contributed by atoms with Crippen molar-refractivity contribution in [2.24, 2.45) is 12.9 Å². The Morgan fingerprint density at radius 2 is 2.12 bits per heavy atom. The van der Waals surface area contributed by atoms with Gasteiger partial charge >= 0.3 is 0 Å². The van der Waals surface area contributed by atoms with Crippen molar-refractivity contribution >= 4 is 16.8 Å². The van der Waals surface area contributed by atoms with Gasteiger partial charge in [-0.25, -0.2) is 5.84 Å². The lowest BCUT2D eigenvalue weighted by atomic mass is 9.95. The van der Waals surface area contributed by atoms with Gasteiger partial charge in [0, 0.05) is 24.1 Å². The first-order chi connectivity index (χ1) is 8.19. The standard InChI is InChI=1S/C13H15N3O/c1-16-8-10(9-4-2-3-5-11(9)16)13(6-7-13)12(17)15-14/h2-5,8H,6-7,14H2,1H3,(H,15,17). The lowest BCUT2D eigenvalue weighted by Crippen LogP contribution is -2.39. The van der Waals surface area contributed by atoms with Gasteiger partial charge in [0.2, 0.25) is 5.91 Å². The van der Waals surface area contributed by atoms with E-state index in [9.17, 15) is 4.79 Å². The number of rotatable bonds is 2. The maximum atomic E-state index is 11.9. The first-order valence-corrected chi connectivity index (χ1v) is 5.74. The Hall–Kier alpha value is -1.81. The van der Waals surface area contributed by atoms with Crippen molar-refractivity contribution in [3.63, 3.8) is 0 Å². The molecule has 0 aliphatic heterocycles. The zero-order chi connectivity index (χ0) is 12.0. The maximum Gasteiger partial charge on any atom is 0.244 e. The molecule has 1 aliphatic carbocycles. The summed E-state index contributed by atoms with van der Waals surface area (Å²) < 4.78 is 2.06. The molecule has 3 N–H and O–H groups in total. The van der Waals surface area contributed by atoms with Gasteiger partial charge in [-0.3, -0.25) is 10.2 Å². The van der Waals surface area contributed by atoms with E-state index in [1.165, 1.54) is 0 Å². The summed E-state index contributed by atoms with van der Waals surface area (Å²) in [5.41, 5.74) is 4.15. The quantitative estimate of drug-likeness (QED) is 0.462. The molecule has 3 rings (SSSR count). The molecule has 88 valence electrons. The Balaban J connectivity index is 2.22. The van der Waals surface area contributed by atoms with Gasteiger partial charge in [-0.1, -0.05) is 18.2 Å². The van der Waals surface area contributed by atoms with Crippen molar-refractivity contribution in [1.82, 2.24) is 9.99 Å². The van der Waals surface area contributed by atoms with Crippen molar-refractivity contribution in [3.8, 4) is 0 Å². The number of aromatic nitrogens is 1. The van der Waals surface area contributed by atoms with E-state index >= 15 is 0 Å². The van der Waals surface area contributed by atoms with Crippen LogP contribution in [-0.4, -0.2) is 10.5 Å². The normalized spacial score (nSPS) is 17.1. The lowest BCUT2D eigenvalue weighted by molar-refractivity contribution is -0.123. The fourth-order valence-corrected chi connectivity index (χ4v) is 2.60. The molecule has 4 nitrogen and oxygen atoms in total. The summed E-state index contributed by atoms with van der Waals surface area (Å²) in [4.78, 5) is 11.9. The number of nitrogens with zero attached hydrogens (tertiary/aromatic N) is 1. The first kappa shape index (κ1) is 10.4. The number of para-hydroxylation sites is 1. The third-order valence-electron chi connectivity index (χ3n) is 3.73. The van der Waals surface area contributed by atoms with Gasteiger partial charge in [-0.05, 0) is 24.5 Å². The molecule has 17 heavy (non-hydrogen) atoms. The van der Waals surface area contributed by atoms with Crippen LogP contribution in [0, 0.1) is 0 Å². The molecule has 2 aromatic rings. The number of hydrazine groups is 1. The number of amides is 1. The maximum absolute atomic E-state index is 11.9. The van der Waals surface area contributed by atoms with E-state index in [4.69, 9.17) is 5.84 Å². The van der Waals surface area contributed by atoms with E-state index in [1.807, 2.05) is 25.4 Å². The minimum atomic E-state index is -0.393. The molecule has 1 fully saturated rings. The highest BCUT2D eigenvalue weighted by molar-refractivity contribution is 5.97. The van der Waals surface area contributed by atoms with Crippen LogP contribution < -0.4 is 11.3 Å². The summed E-state index contributed by atoms with van der Waals surface area (Å²) in [7, 11) is 2.00. The molecule has 4 heteroatoms. The molecule has 0 radical (unpaired) electrons. The molecule has 1 heterocycles. The molecule has 0 atom stereocenters. The monoisotopic (exact) mass is 229 g/mol. The van der Waals surface area contributed by atoms with Gasteiger partial charge in [0.25, 0.3) is 0 Å². The van der Waals surface area contributed by atoms with Crippen molar-refractivity contribution < 1.29 is 4.79 Å². The predicted molar refractivity (Wildman–Crippen MR) is 66.2 cm³/mol. The molecular formula is C13H15N3O. The Morgan fingerprint density at radius 3 is 2.76 bits per heavy atom. The predicted octanol–water partition coefficient (Wildman–Crippen LogP) is 1.20. The first-order valence-electron chi connectivity index (χ1n) is 5.74. The van der Waals surface area contributed by atoms with Crippen molar-refractivity contribution in [2.45, 2.75) is 18.3 Å². The molecular weight excluding hydrogens is 214 g/mol. The van der Waals surface area contributed by atoms with Crippen LogP contribution in [0.2, 0.25) is 0 Å². The lowest BCUT2D eigenvalue weighted by Gasteiger charge is -2.12. The second-order valence-electron chi connectivity index (χ2n) is 4.73. The van der Waals surface area contributed by atoms with Crippen LogP contribution in [0.3, 0.4) is 0 Å². The average molecular weight is 229 g/mol. The van der Waals surface area contributed by atoms with Gasteiger partial charge in [0.1, 0.15) is 0 Å². The summed E-state index contributed by atoms with van der Waals surface area (Å²) in [5.74, 6) is 5.20. The van der Waals surface area contributed by atoms with Gasteiger partial charge in [-0.15, -0.1) is 0 Å². The Kier molecular flexibility index (Phi) is 2.03. The van der Waals surface area contributed by atoms with Crippen LogP contribution in [0.5, 0.6) is 0 Å². The van der Waals surface area contributed by atoms with Gasteiger partial charge in [0.05, 0.1) is 5.41 Å². The minimum Gasteiger partial charge on any atom is -0.350 e. The zero-order valence-electron chi connectivity index (χ0n) is 9.73. The molecule has 0 saturated heterocycles. The molecule has 0 bridgehead atoms. The van der Waals surface area contributed by atoms with Gasteiger partial charge in [0.15, 0.2) is 0 Å². The summed E-state index contributed by atoms with van der Waals surface area (Å²) in [6, 6.07) is 8.14. The SMILES string of the molecule is Cn1cc(C2(C(=O)NN)CC2)c2ccccc21. The smallest absolute Gasteiger partial charge is 0.244 e. The van der Waals surface area contributed by atoms with Crippen LogP contribution in [0.25, 0.3) is 10.9 Å². The number of benzene rings is 1. The van der Waals surface area contributed by atoms with Crippen molar-refractivity contribution in [2.75, 3.05) is 0 Å². The van der Waals surface area contributed by atoms with Crippen molar-refractivity contribution in [3.05, 3.63) is 36.0 Å². The molecule has 1 aromatic carbocycles. The Labute approximate surface area is 99.4 Å². The number of aryl methyl sites for hydroxylation is 1. The number of hydrogen-bond acceptors (Lipinski definition) is 2. The second kappa shape index (κ2) is 3.34. The Bertz CT molecular complexity index is 596. The van der Waals surface area contributed by atoms with E-state index in [0.29, 0.717) is 0 Å². The fourth-order valence-electron chi connectivity index (χ4n) is 2.60. The van der Waals surface area contributed by atoms with E-state index in [2.05, 4.69) is 22.1 Å². The summed E-state index contributed by atoms with van der Waals surface area (Å²) in [6.45, 7) is 0. The zero-order valence-corrected chi connectivity index (χ0v) is 9.73. The number of carbonyl (C=O) groups is 1. The third-order valence-corrected chi connectivity index (χ3v) is 3.73. The third kappa shape index (κ3) is 1.31. The minimum absolute atomic E-state index is 0.0751. The highest BCUT2D eigenvalue weighted by Gasteiger charge is 2.52.